The summed E-state index contributed by atoms with van der Waals surface area (Å²) in [7, 11) is 1.24. The van der Waals surface area contributed by atoms with Crippen LogP contribution >= 0.6 is 0 Å². The summed E-state index contributed by atoms with van der Waals surface area (Å²) >= 11 is 0. The van der Waals surface area contributed by atoms with Crippen molar-refractivity contribution in [2.75, 3.05) is 20.2 Å². The van der Waals surface area contributed by atoms with E-state index in [0.717, 1.165) is 19.3 Å². The van der Waals surface area contributed by atoms with Gasteiger partial charge in [-0.3, -0.25) is 4.79 Å². The lowest BCUT2D eigenvalue weighted by atomic mass is 10.0. The molecule has 0 spiro atoms. The lowest BCUT2D eigenvalue weighted by molar-refractivity contribution is -0.142. The number of methoxy groups -OCH3 is 1. The zero-order valence-electron chi connectivity index (χ0n) is 12.6. The number of nitrogens with zero attached hydrogens (tertiary/aromatic N) is 1. The van der Waals surface area contributed by atoms with Crippen molar-refractivity contribution in [1.29, 1.82) is 0 Å². The maximum atomic E-state index is 12.1. The highest BCUT2D eigenvalue weighted by molar-refractivity contribution is 5.83. The second-order valence-electron chi connectivity index (χ2n) is 5.34. The molecule has 0 bridgehead atoms. The van der Waals surface area contributed by atoms with E-state index in [0.29, 0.717) is 19.0 Å². The standard InChI is InChI=1S/C14H24N2O5/c1-3-4-10-7-8-16(9-10)14(20)15-11(13(18)19)5-6-12(17)21-2/h10-11H,3-9H2,1-2H3,(H,15,20)(H,18,19)/t10?,11-/m1/s1. The Morgan fingerprint density at radius 2 is 2.14 bits per heavy atom. The minimum absolute atomic E-state index is 0.0278. The van der Waals surface area contributed by atoms with E-state index in [1.54, 1.807) is 4.90 Å². The molecular formula is C14H24N2O5. The van der Waals surface area contributed by atoms with Crippen LogP contribution in [-0.2, 0) is 14.3 Å². The van der Waals surface area contributed by atoms with Crippen LogP contribution in [0.1, 0.15) is 39.0 Å². The molecule has 1 rings (SSSR count). The first-order chi connectivity index (χ1) is 9.97. The molecule has 0 aromatic rings. The molecule has 0 aromatic heterocycles. The number of carbonyl (C=O) groups excluding carboxylic acids is 2. The van der Waals surface area contributed by atoms with Crippen LogP contribution in [0.2, 0.25) is 0 Å². The number of nitrogens with one attached hydrogen (secondary N) is 1. The van der Waals surface area contributed by atoms with E-state index in [9.17, 15) is 14.4 Å². The summed E-state index contributed by atoms with van der Waals surface area (Å²) in [6.07, 6.45) is 3.11. The van der Waals surface area contributed by atoms with E-state index < -0.39 is 18.0 Å². The van der Waals surface area contributed by atoms with Gasteiger partial charge in [0, 0.05) is 19.5 Å². The number of urea groups is 1. The van der Waals surface area contributed by atoms with Crippen molar-refractivity contribution in [3.63, 3.8) is 0 Å². The van der Waals surface area contributed by atoms with Crippen LogP contribution in [0.25, 0.3) is 0 Å². The Labute approximate surface area is 124 Å². The van der Waals surface area contributed by atoms with Gasteiger partial charge in [0.2, 0.25) is 0 Å². The third-order valence-corrected chi connectivity index (χ3v) is 3.73. The number of esters is 1. The predicted octanol–water partition coefficient (Wildman–Crippen LogP) is 1.22. The van der Waals surface area contributed by atoms with E-state index in [1.807, 2.05) is 0 Å². The zero-order valence-corrected chi connectivity index (χ0v) is 12.6. The molecule has 7 nitrogen and oxygen atoms in total. The second-order valence-corrected chi connectivity index (χ2v) is 5.34. The molecule has 0 aromatic carbocycles. The molecule has 7 heteroatoms. The summed E-state index contributed by atoms with van der Waals surface area (Å²) in [6, 6.07) is -1.44. The third-order valence-electron chi connectivity index (χ3n) is 3.73. The van der Waals surface area contributed by atoms with Gasteiger partial charge in [0.15, 0.2) is 0 Å². The fourth-order valence-corrected chi connectivity index (χ4v) is 2.52. The highest BCUT2D eigenvalue weighted by atomic mass is 16.5. The summed E-state index contributed by atoms with van der Waals surface area (Å²) in [4.78, 5) is 35.9. The van der Waals surface area contributed by atoms with Gasteiger partial charge in [-0.15, -0.1) is 0 Å². The molecule has 2 amide bonds. The fraction of sp³-hybridized carbons (Fsp3) is 0.786. The van der Waals surface area contributed by atoms with Crippen molar-refractivity contribution in [3.8, 4) is 0 Å². The average Bonchev–Trinajstić information content (AvgIpc) is 2.91. The number of aliphatic carboxylic acids is 1. The van der Waals surface area contributed by atoms with Gasteiger partial charge in [-0.2, -0.15) is 0 Å². The van der Waals surface area contributed by atoms with Crippen LogP contribution in [-0.4, -0.2) is 54.2 Å². The van der Waals surface area contributed by atoms with Crippen molar-refractivity contribution in [2.45, 2.75) is 45.1 Å². The van der Waals surface area contributed by atoms with Crippen LogP contribution in [0.3, 0.4) is 0 Å². The van der Waals surface area contributed by atoms with E-state index in [-0.39, 0.29) is 18.9 Å². The number of carboxylic acid groups (broad SMARTS) is 1. The van der Waals surface area contributed by atoms with Gasteiger partial charge in [0.05, 0.1) is 7.11 Å². The Morgan fingerprint density at radius 3 is 2.71 bits per heavy atom. The van der Waals surface area contributed by atoms with Gasteiger partial charge in [-0.25, -0.2) is 9.59 Å². The smallest absolute Gasteiger partial charge is 0.326 e. The summed E-state index contributed by atoms with van der Waals surface area (Å²) in [6.45, 7) is 3.43. The van der Waals surface area contributed by atoms with E-state index in [4.69, 9.17) is 5.11 Å². The number of likely N-dealkylation sites (tertiary alicyclic amines) is 1. The predicted molar refractivity (Wildman–Crippen MR) is 75.8 cm³/mol. The van der Waals surface area contributed by atoms with Gasteiger partial charge >= 0.3 is 18.0 Å². The molecule has 1 unspecified atom stereocenters. The summed E-state index contributed by atoms with van der Waals surface area (Å²) < 4.78 is 4.47. The van der Waals surface area contributed by atoms with Crippen LogP contribution in [0, 0.1) is 5.92 Å². The van der Waals surface area contributed by atoms with Crippen LogP contribution < -0.4 is 5.32 Å². The van der Waals surface area contributed by atoms with Crippen molar-refractivity contribution < 1.29 is 24.2 Å². The molecule has 1 aliphatic heterocycles. The van der Waals surface area contributed by atoms with E-state index >= 15 is 0 Å². The van der Waals surface area contributed by atoms with Crippen molar-refractivity contribution in [2.24, 2.45) is 5.92 Å². The number of ether oxygens (including phenoxy) is 1. The average molecular weight is 300 g/mol. The minimum atomic E-state index is -1.14. The van der Waals surface area contributed by atoms with Crippen molar-refractivity contribution >= 4 is 18.0 Å². The molecule has 2 atom stereocenters. The van der Waals surface area contributed by atoms with Gasteiger partial charge in [0.1, 0.15) is 6.04 Å². The van der Waals surface area contributed by atoms with Crippen LogP contribution in [0.4, 0.5) is 4.79 Å². The molecule has 1 saturated heterocycles. The normalized spacial score (nSPS) is 19.1. The first kappa shape index (κ1) is 17.3. The first-order valence-corrected chi connectivity index (χ1v) is 7.33. The number of hydrogen-bond acceptors (Lipinski definition) is 4. The highest BCUT2D eigenvalue weighted by Crippen LogP contribution is 2.20. The highest BCUT2D eigenvalue weighted by Gasteiger charge is 2.29. The molecule has 1 fully saturated rings. The van der Waals surface area contributed by atoms with Gasteiger partial charge < -0.3 is 20.1 Å². The van der Waals surface area contributed by atoms with Gasteiger partial charge in [-0.1, -0.05) is 13.3 Å². The Kier molecular flexibility index (Phi) is 6.98. The van der Waals surface area contributed by atoms with Crippen LogP contribution in [0.5, 0.6) is 0 Å². The Morgan fingerprint density at radius 1 is 1.43 bits per heavy atom. The summed E-state index contributed by atoms with van der Waals surface area (Å²) in [5.41, 5.74) is 0. The lowest BCUT2D eigenvalue weighted by Gasteiger charge is -2.21. The number of carbonyl (C=O) groups is 3. The Balaban J connectivity index is 2.45. The molecule has 1 heterocycles. The Hall–Kier alpha value is -1.79. The molecular weight excluding hydrogens is 276 g/mol. The van der Waals surface area contributed by atoms with Crippen molar-refractivity contribution in [3.05, 3.63) is 0 Å². The molecule has 1 aliphatic rings. The largest absolute Gasteiger partial charge is 0.480 e. The zero-order chi connectivity index (χ0) is 15.8. The second kappa shape index (κ2) is 8.49. The molecule has 120 valence electrons. The summed E-state index contributed by atoms with van der Waals surface area (Å²) in [5.74, 6) is -1.13. The monoisotopic (exact) mass is 300 g/mol. The lowest BCUT2D eigenvalue weighted by Crippen LogP contribution is -2.47. The summed E-state index contributed by atoms with van der Waals surface area (Å²) in [5, 5.41) is 11.6. The molecule has 2 N–H and O–H groups in total. The van der Waals surface area contributed by atoms with Crippen LogP contribution in [0.15, 0.2) is 0 Å². The Bertz CT molecular complexity index is 386. The SMILES string of the molecule is CCCC1CCN(C(=O)N[C@H](CCC(=O)OC)C(=O)O)C1. The van der Waals surface area contributed by atoms with E-state index in [2.05, 4.69) is 17.0 Å². The van der Waals surface area contributed by atoms with Gasteiger partial charge in [0.25, 0.3) is 0 Å². The van der Waals surface area contributed by atoms with Gasteiger partial charge in [-0.05, 0) is 25.2 Å². The van der Waals surface area contributed by atoms with E-state index in [1.165, 1.54) is 7.11 Å². The maximum absolute atomic E-state index is 12.1. The number of carboxylic acids is 1. The molecule has 21 heavy (non-hydrogen) atoms. The number of amides is 2. The van der Waals surface area contributed by atoms with Crippen molar-refractivity contribution in [1.82, 2.24) is 10.2 Å². The first-order valence-electron chi connectivity index (χ1n) is 7.33. The fourth-order valence-electron chi connectivity index (χ4n) is 2.52. The maximum Gasteiger partial charge on any atom is 0.326 e. The molecule has 0 saturated carbocycles. The quantitative estimate of drug-likeness (QED) is 0.689. The molecule has 0 aliphatic carbocycles. The number of rotatable bonds is 7. The number of hydrogen-bond donors (Lipinski definition) is 2. The molecule has 0 radical (unpaired) electrons. The topological polar surface area (TPSA) is 95.9 Å². The minimum Gasteiger partial charge on any atom is -0.480 e. The third kappa shape index (κ3) is 5.61.